The van der Waals surface area contributed by atoms with Crippen LogP contribution in [0.25, 0.3) is 0 Å². The summed E-state index contributed by atoms with van der Waals surface area (Å²) in [6.07, 6.45) is 0. The summed E-state index contributed by atoms with van der Waals surface area (Å²) < 4.78 is 4.63. The van der Waals surface area contributed by atoms with E-state index in [1.54, 1.807) is 0 Å². The highest BCUT2D eigenvalue weighted by Crippen LogP contribution is 2.30. The first-order valence-corrected chi connectivity index (χ1v) is 8.26. The number of hydrogen-bond donors (Lipinski definition) is 1. The van der Waals surface area contributed by atoms with Gasteiger partial charge in [0.1, 0.15) is 10.7 Å². The molecule has 0 aromatic heterocycles. The molecule has 142 valence electrons. The van der Waals surface area contributed by atoms with E-state index in [0.29, 0.717) is 5.69 Å². The van der Waals surface area contributed by atoms with E-state index in [4.69, 9.17) is 11.6 Å². The summed E-state index contributed by atoms with van der Waals surface area (Å²) in [4.78, 5) is 48.5. The number of rotatable bonds is 5. The number of methoxy groups -OCH3 is 1. The number of anilines is 2. The Morgan fingerprint density at radius 1 is 1.04 bits per heavy atom. The van der Waals surface area contributed by atoms with E-state index in [1.807, 2.05) is 0 Å². The van der Waals surface area contributed by atoms with Gasteiger partial charge in [-0.25, -0.2) is 9.69 Å². The van der Waals surface area contributed by atoms with Crippen molar-refractivity contribution in [2.45, 2.75) is 0 Å². The van der Waals surface area contributed by atoms with Gasteiger partial charge in [0, 0.05) is 5.69 Å². The third-order valence-corrected chi connectivity index (χ3v) is 4.29. The van der Waals surface area contributed by atoms with Gasteiger partial charge in [-0.05, 0) is 35.9 Å². The molecule has 0 saturated carbocycles. The smallest absolute Gasteiger partial charge is 0.337 e. The first-order chi connectivity index (χ1) is 13.3. The second-order valence-corrected chi connectivity index (χ2v) is 6.04. The third kappa shape index (κ3) is 3.45. The van der Waals surface area contributed by atoms with Gasteiger partial charge < -0.3 is 20.0 Å². The molecule has 0 saturated heterocycles. The highest BCUT2D eigenvalue weighted by molar-refractivity contribution is 6.53. The number of nitrogens with one attached hydrogen (secondary N) is 1. The van der Waals surface area contributed by atoms with Gasteiger partial charge in [0.2, 0.25) is 0 Å². The highest BCUT2D eigenvalue weighted by Gasteiger charge is 2.39. The molecule has 0 fully saturated rings. The van der Waals surface area contributed by atoms with E-state index in [-0.39, 0.29) is 27.5 Å². The number of hydrogen-bond acceptors (Lipinski definition) is 7. The second-order valence-electron chi connectivity index (χ2n) is 5.67. The number of nitrogens with zero attached hydrogens (tertiary/aromatic N) is 1. The van der Waals surface area contributed by atoms with Crippen molar-refractivity contribution in [1.82, 2.24) is 0 Å². The number of imide groups is 1. The lowest BCUT2D eigenvalue weighted by Crippen LogP contribution is -2.32. The second kappa shape index (κ2) is 7.53. The number of carboxylic acids is 1. The zero-order chi connectivity index (χ0) is 20.4. The summed E-state index contributed by atoms with van der Waals surface area (Å²) in [7, 11) is 1.22. The van der Waals surface area contributed by atoms with Crippen LogP contribution in [-0.2, 0) is 14.3 Å². The van der Waals surface area contributed by atoms with Crippen molar-refractivity contribution in [2.75, 3.05) is 17.3 Å². The van der Waals surface area contributed by atoms with Gasteiger partial charge in [0.15, 0.2) is 0 Å². The Balaban J connectivity index is 1.88. The lowest BCUT2D eigenvalue weighted by molar-refractivity contribution is -0.255. The molecule has 8 nitrogen and oxygen atoms in total. The Kier molecular flexibility index (Phi) is 5.14. The predicted molar refractivity (Wildman–Crippen MR) is 97.5 cm³/mol. The monoisotopic (exact) mass is 399 g/mol. The van der Waals surface area contributed by atoms with Gasteiger partial charge in [0.05, 0.1) is 24.3 Å². The number of benzene rings is 2. The molecule has 1 heterocycles. The minimum atomic E-state index is -1.34. The molecule has 2 amide bonds. The molecular formula is C19H12ClN2O6-. The summed E-state index contributed by atoms with van der Waals surface area (Å²) in [5.41, 5.74) is 0.456. The fraction of sp³-hybridized carbons (Fsp3) is 0.0526. The van der Waals surface area contributed by atoms with Crippen molar-refractivity contribution >= 4 is 46.7 Å². The Morgan fingerprint density at radius 3 is 2.32 bits per heavy atom. The fourth-order valence-electron chi connectivity index (χ4n) is 2.57. The summed E-state index contributed by atoms with van der Waals surface area (Å²) in [6, 6.07) is 11.2. The topological polar surface area (TPSA) is 116 Å². The molecule has 0 aliphatic carbocycles. The van der Waals surface area contributed by atoms with E-state index in [2.05, 4.69) is 10.1 Å². The maximum absolute atomic E-state index is 12.7. The quantitative estimate of drug-likeness (QED) is 0.594. The number of esters is 1. The van der Waals surface area contributed by atoms with E-state index in [1.165, 1.54) is 55.6 Å². The minimum Gasteiger partial charge on any atom is -0.545 e. The Bertz CT molecular complexity index is 1030. The first kappa shape index (κ1) is 19.1. The molecule has 3 rings (SSSR count). The maximum atomic E-state index is 12.7. The van der Waals surface area contributed by atoms with E-state index < -0.39 is 23.8 Å². The van der Waals surface area contributed by atoms with E-state index in [9.17, 15) is 24.3 Å². The molecule has 9 heteroatoms. The molecule has 1 aliphatic heterocycles. The molecule has 0 bridgehead atoms. The molecule has 0 atom stereocenters. The average Bonchev–Trinajstić information content (AvgIpc) is 2.91. The van der Waals surface area contributed by atoms with Crippen molar-refractivity contribution in [3.63, 3.8) is 0 Å². The molecule has 1 N–H and O–H groups in total. The number of carboxylic acid groups (broad SMARTS) is 1. The summed E-state index contributed by atoms with van der Waals surface area (Å²) in [5, 5.41) is 13.2. The largest absolute Gasteiger partial charge is 0.545 e. The van der Waals surface area contributed by atoms with Gasteiger partial charge in [-0.3, -0.25) is 9.59 Å². The zero-order valence-electron chi connectivity index (χ0n) is 14.4. The molecular weight excluding hydrogens is 388 g/mol. The van der Waals surface area contributed by atoms with Crippen LogP contribution in [0.3, 0.4) is 0 Å². The van der Waals surface area contributed by atoms with Gasteiger partial charge in [-0.15, -0.1) is 0 Å². The van der Waals surface area contributed by atoms with Crippen LogP contribution >= 0.6 is 11.6 Å². The lowest BCUT2D eigenvalue weighted by atomic mass is 10.2. The number of amides is 2. The van der Waals surface area contributed by atoms with Crippen LogP contribution < -0.4 is 15.3 Å². The highest BCUT2D eigenvalue weighted by atomic mass is 35.5. The van der Waals surface area contributed by atoms with Crippen LogP contribution in [0.4, 0.5) is 11.4 Å². The van der Waals surface area contributed by atoms with E-state index in [0.717, 1.165) is 4.90 Å². The normalized spacial score (nSPS) is 13.7. The van der Waals surface area contributed by atoms with Crippen molar-refractivity contribution < 1.29 is 29.0 Å². The predicted octanol–water partition coefficient (Wildman–Crippen LogP) is 1.27. The fourth-order valence-corrected chi connectivity index (χ4v) is 2.78. The van der Waals surface area contributed by atoms with Crippen LogP contribution in [0.1, 0.15) is 20.7 Å². The van der Waals surface area contributed by atoms with E-state index >= 15 is 0 Å². The SMILES string of the molecule is COC(=O)c1cccc(N2C(=O)C(Cl)=C(Nc3ccc(C(=O)[O-])cc3)C2=O)c1. The minimum absolute atomic E-state index is 0.0410. The molecule has 2 aromatic carbocycles. The molecule has 0 spiro atoms. The number of carbonyl (C=O) groups excluding carboxylic acids is 4. The van der Waals surface area contributed by atoms with Crippen LogP contribution in [0.2, 0.25) is 0 Å². The number of ether oxygens (including phenoxy) is 1. The Morgan fingerprint density at radius 2 is 1.71 bits per heavy atom. The molecule has 2 aromatic rings. The standard InChI is InChI=1S/C19H13ClN2O6/c1-28-19(27)11-3-2-4-13(9-11)22-16(23)14(20)15(17(22)24)21-12-7-5-10(6-8-12)18(25)26/h2-9,21H,1H3,(H,25,26)/p-1. The molecule has 0 radical (unpaired) electrons. The van der Waals surface area contributed by atoms with Crippen molar-refractivity contribution in [1.29, 1.82) is 0 Å². The number of halogens is 1. The average molecular weight is 400 g/mol. The maximum Gasteiger partial charge on any atom is 0.337 e. The molecule has 28 heavy (non-hydrogen) atoms. The van der Waals surface area contributed by atoms with Crippen molar-refractivity contribution in [2.24, 2.45) is 0 Å². The summed E-state index contributed by atoms with van der Waals surface area (Å²) in [6.45, 7) is 0. The molecule has 0 unspecified atom stereocenters. The van der Waals surface area contributed by atoms with Gasteiger partial charge in [-0.1, -0.05) is 29.8 Å². The number of carbonyl (C=O) groups is 4. The summed E-state index contributed by atoms with van der Waals surface area (Å²) >= 11 is 6.04. The Labute approximate surface area is 164 Å². The Hall–Kier alpha value is -3.65. The van der Waals surface area contributed by atoms with Gasteiger partial charge in [0.25, 0.3) is 11.8 Å². The van der Waals surface area contributed by atoms with Crippen molar-refractivity contribution in [3.05, 3.63) is 70.4 Å². The summed E-state index contributed by atoms with van der Waals surface area (Å²) in [5.74, 6) is -3.44. The first-order valence-electron chi connectivity index (χ1n) is 7.89. The number of aromatic carboxylic acids is 1. The zero-order valence-corrected chi connectivity index (χ0v) is 15.1. The third-order valence-electron chi connectivity index (χ3n) is 3.94. The van der Waals surface area contributed by atoms with Crippen LogP contribution in [0, 0.1) is 0 Å². The lowest BCUT2D eigenvalue weighted by Gasteiger charge is -2.16. The van der Waals surface area contributed by atoms with Crippen LogP contribution in [-0.4, -0.2) is 30.9 Å². The van der Waals surface area contributed by atoms with Gasteiger partial charge >= 0.3 is 5.97 Å². The van der Waals surface area contributed by atoms with Crippen LogP contribution in [0.15, 0.2) is 59.3 Å². The van der Waals surface area contributed by atoms with Crippen LogP contribution in [0.5, 0.6) is 0 Å². The molecule has 1 aliphatic rings. The van der Waals surface area contributed by atoms with Gasteiger partial charge in [-0.2, -0.15) is 0 Å². The van der Waals surface area contributed by atoms with Crippen molar-refractivity contribution in [3.8, 4) is 0 Å².